The molecular weight excluding hydrogens is 310 g/mol. The summed E-state index contributed by atoms with van der Waals surface area (Å²) in [5, 5.41) is 7.48. The highest BCUT2D eigenvalue weighted by Crippen LogP contribution is 2.25. The van der Waals surface area contributed by atoms with Crippen molar-refractivity contribution in [1.29, 1.82) is 0 Å². The number of halogens is 1. The lowest BCUT2D eigenvalue weighted by Crippen LogP contribution is -2.03. The van der Waals surface area contributed by atoms with Gasteiger partial charge >= 0.3 is 0 Å². The number of fused-ring (bicyclic) bond motifs is 1. The SMILES string of the molecule is Cc1nc2nonc2c(N)c1Cc1cccc(Br)n1. The molecule has 3 aromatic heterocycles. The van der Waals surface area contributed by atoms with Gasteiger partial charge < -0.3 is 5.73 Å². The monoisotopic (exact) mass is 319 g/mol. The lowest BCUT2D eigenvalue weighted by molar-refractivity contribution is 0.315. The molecule has 2 N–H and O–H groups in total. The second-order valence-corrected chi connectivity index (χ2v) is 4.97. The summed E-state index contributed by atoms with van der Waals surface area (Å²) in [6.45, 7) is 1.89. The number of rotatable bonds is 2. The van der Waals surface area contributed by atoms with Gasteiger partial charge in [0.1, 0.15) is 4.60 Å². The van der Waals surface area contributed by atoms with Gasteiger partial charge in [-0.05, 0) is 45.3 Å². The third-order valence-electron chi connectivity index (χ3n) is 2.89. The number of nitrogen functional groups attached to an aromatic ring is 1. The number of aromatic nitrogens is 4. The van der Waals surface area contributed by atoms with E-state index in [9.17, 15) is 0 Å². The van der Waals surface area contributed by atoms with Crippen LogP contribution in [0.4, 0.5) is 5.69 Å². The van der Waals surface area contributed by atoms with E-state index in [0.717, 1.165) is 21.6 Å². The van der Waals surface area contributed by atoms with Crippen molar-refractivity contribution in [3.05, 3.63) is 39.8 Å². The predicted molar refractivity (Wildman–Crippen MR) is 73.5 cm³/mol. The first kappa shape index (κ1) is 12.0. The van der Waals surface area contributed by atoms with Crippen molar-refractivity contribution in [2.24, 2.45) is 0 Å². The summed E-state index contributed by atoms with van der Waals surface area (Å²) in [5.74, 6) is 0. The van der Waals surface area contributed by atoms with E-state index in [1.54, 1.807) is 0 Å². The van der Waals surface area contributed by atoms with E-state index in [2.05, 4.69) is 40.8 Å². The summed E-state index contributed by atoms with van der Waals surface area (Å²) >= 11 is 3.35. The lowest BCUT2D eigenvalue weighted by atomic mass is 10.1. The number of pyridine rings is 2. The molecule has 0 aromatic carbocycles. The van der Waals surface area contributed by atoms with Gasteiger partial charge in [0.05, 0.1) is 5.69 Å². The average Bonchev–Trinajstić information content (AvgIpc) is 2.83. The molecule has 0 atom stereocenters. The average molecular weight is 320 g/mol. The van der Waals surface area contributed by atoms with Crippen molar-refractivity contribution >= 4 is 32.8 Å². The maximum Gasteiger partial charge on any atom is 0.226 e. The summed E-state index contributed by atoms with van der Waals surface area (Å²) in [6, 6.07) is 5.75. The largest absolute Gasteiger partial charge is 0.396 e. The van der Waals surface area contributed by atoms with Gasteiger partial charge in [-0.15, -0.1) is 0 Å². The van der Waals surface area contributed by atoms with Gasteiger partial charge in [0, 0.05) is 23.4 Å². The highest BCUT2D eigenvalue weighted by atomic mass is 79.9. The molecule has 3 rings (SSSR count). The minimum Gasteiger partial charge on any atom is -0.396 e. The van der Waals surface area contributed by atoms with Gasteiger partial charge in [0.2, 0.25) is 5.65 Å². The van der Waals surface area contributed by atoms with Crippen molar-refractivity contribution in [2.75, 3.05) is 5.73 Å². The first-order valence-electron chi connectivity index (χ1n) is 5.64. The van der Waals surface area contributed by atoms with E-state index in [1.807, 2.05) is 25.1 Å². The molecule has 0 saturated heterocycles. The molecule has 0 bridgehead atoms. The third kappa shape index (κ3) is 2.17. The van der Waals surface area contributed by atoms with Gasteiger partial charge in [0.15, 0.2) is 5.52 Å². The maximum atomic E-state index is 6.11. The Hall–Kier alpha value is -2.02. The fraction of sp³-hybridized carbons (Fsp3) is 0.167. The first-order valence-corrected chi connectivity index (χ1v) is 6.43. The van der Waals surface area contributed by atoms with Crippen LogP contribution in [0.3, 0.4) is 0 Å². The predicted octanol–water partition coefficient (Wildman–Crippen LogP) is 2.26. The molecule has 0 aliphatic heterocycles. The molecule has 6 nitrogen and oxygen atoms in total. The smallest absolute Gasteiger partial charge is 0.226 e. The Bertz CT molecular complexity index is 755. The normalized spacial score (nSPS) is 11.1. The number of nitrogens with two attached hydrogens (primary N) is 1. The summed E-state index contributed by atoms with van der Waals surface area (Å²) < 4.78 is 5.45. The Morgan fingerprint density at radius 3 is 2.89 bits per heavy atom. The summed E-state index contributed by atoms with van der Waals surface area (Å²) in [6.07, 6.45) is 0.590. The van der Waals surface area contributed by atoms with Crippen LogP contribution in [0.2, 0.25) is 0 Å². The molecule has 96 valence electrons. The van der Waals surface area contributed by atoms with E-state index in [1.165, 1.54) is 0 Å². The summed E-state index contributed by atoms with van der Waals surface area (Å²) in [7, 11) is 0. The van der Waals surface area contributed by atoms with Gasteiger partial charge in [-0.2, -0.15) is 0 Å². The minimum atomic E-state index is 0.431. The first-order chi connectivity index (χ1) is 9.15. The number of nitrogens with zero attached hydrogens (tertiary/aromatic N) is 4. The molecule has 0 spiro atoms. The second kappa shape index (κ2) is 4.58. The topological polar surface area (TPSA) is 90.7 Å². The van der Waals surface area contributed by atoms with E-state index in [4.69, 9.17) is 5.73 Å². The zero-order chi connectivity index (χ0) is 13.4. The van der Waals surface area contributed by atoms with Crippen LogP contribution in [0.5, 0.6) is 0 Å². The van der Waals surface area contributed by atoms with Crippen molar-refractivity contribution in [2.45, 2.75) is 13.3 Å². The van der Waals surface area contributed by atoms with Gasteiger partial charge in [-0.3, -0.25) is 0 Å². The Balaban J connectivity index is 2.09. The molecule has 19 heavy (non-hydrogen) atoms. The van der Waals surface area contributed by atoms with Crippen LogP contribution in [-0.2, 0) is 6.42 Å². The molecule has 3 aromatic rings. The molecule has 0 fully saturated rings. The van der Waals surface area contributed by atoms with Crippen LogP contribution in [0.25, 0.3) is 11.2 Å². The fourth-order valence-electron chi connectivity index (χ4n) is 1.94. The van der Waals surface area contributed by atoms with Crippen LogP contribution in [0.1, 0.15) is 17.0 Å². The molecule has 7 heteroatoms. The molecule has 0 aliphatic rings. The highest BCUT2D eigenvalue weighted by Gasteiger charge is 2.15. The quantitative estimate of drug-likeness (QED) is 0.728. The summed E-state index contributed by atoms with van der Waals surface area (Å²) in [4.78, 5) is 8.72. The standard InChI is InChI=1S/C12H10BrN5O/c1-6-8(5-7-3-2-4-9(13)16-7)10(14)11-12(15-6)18-19-17-11/h2-4H,5,14H2,1H3. The van der Waals surface area contributed by atoms with Crippen LogP contribution in [-0.4, -0.2) is 20.3 Å². The Morgan fingerprint density at radius 2 is 2.11 bits per heavy atom. The minimum absolute atomic E-state index is 0.431. The van der Waals surface area contributed by atoms with Crippen LogP contribution in [0, 0.1) is 6.92 Å². The molecule has 3 heterocycles. The zero-order valence-electron chi connectivity index (χ0n) is 10.1. The molecular formula is C12H10BrN5O. The maximum absolute atomic E-state index is 6.11. The number of hydrogen-bond donors (Lipinski definition) is 1. The van der Waals surface area contributed by atoms with Crippen molar-refractivity contribution in [3.63, 3.8) is 0 Å². The number of hydrogen-bond acceptors (Lipinski definition) is 6. The van der Waals surface area contributed by atoms with Crippen molar-refractivity contribution in [3.8, 4) is 0 Å². The van der Waals surface area contributed by atoms with E-state index in [0.29, 0.717) is 23.3 Å². The molecule has 0 amide bonds. The van der Waals surface area contributed by atoms with Crippen molar-refractivity contribution < 1.29 is 4.63 Å². The zero-order valence-corrected chi connectivity index (χ0v) is 11.7. The van der Waals surface area contributed by atoms with Crippen LogP contribution < -0.4 is 5.73 Å². The van der Waals surface area contributed by atoms with E-state index in [-0.39, 0.29) is 0 Å². The number of aryl methyl sites for hydroxylation is 1. The molecule has 0 unspecified atom stereocenters. The Kier molecular flexibility index (Phi) is 2.90. The van der Waals surface area contributed by atoms with Gasteiger partial charge in [-0.25, -0.2) is 14.6 Å². The van der Waals surface area contributed by atoms with Gasteiger partial charge in [-0.1, -0.05) is 6.07 Å². The molecule has 0 saturated carbocycles. The van der Waals surface area contributed by atoms with E-state index < -0.39 is 0 Å². The van der Waals surface area contributed by atoms with Crippen LogP contribution >= 0.6 is 15.9 Å². The third-order valence-corrected chi connectivity index (χ3v) is 3.33. The Labute approximate surface area is 117 Å². The summed E-state index contributed by atoms with van der Waals surface area (Å²) in [5.41, 5.74) is 10.2. The fourth-order valence-corrected chi connectivity index (χ4v) is 2.32. The van der Waals surface area contributed by atoms with E-state index >= 15 is 0 Å². The van der Waals surface area contributed by atoms with Crippen LogP contribution in [0.15, 0.2) is 27.4 Å². The van der Waals surface area contributed by atoms with Crippen molar-refractivity contribution in [1.82, 2.24) is 20.3 Å². The molecule has 0 aliphatic carbocycles. The van der Waals surface area contributed by atoms with Gasteiger partial charge in [0.25, 0.3) is 0 Å². The number of anilines is 1. The highest BCUT2D eigenvalue weighted by molar-refractivity contribution is 9.10. The Morgan fingerprint density at radius 1 is 1.26 bits per heavy atom. The molecule has 0 radical (unpaired) electrons. The second-order valence-electron chi connectivity index (χ2n) is 4.15. The lowest BCUT2D eigenvalue weighted by Gasteiger charge is -2.08.